The van der Waals surface area contributed by atoms with Gasteiger partial charge in [0.1, 0.15) is 22.6 Å². The number of aromatic nitrogens is 10. The molecule has 9 aromatic rings. The second-order valence-corrected chi connectivity index (χ2v) is 12.8. The molecule has 2 aliphatic heterocycles. The number of hydrogen-bond donors (Lipinski definition) is 2. The van der Waals surface area contributed by atoms with E-state index in [0.29, 0.717) is 45.9 Å². The smallest absolute Gasteiger partial charge is 0.164 e. The van der Waals surface area contributed by atoms with Crippen molar-refractivity contribution in [1.29, 1.82) is 0 Å². The molecule has 0 fully saturated rings. The van der Waals surface area contributed by atoms with Gasteiger partial charge in [0.2, 0.25) is 0 Å². The van der Waals surface area contributed by atoms with Crippen LogP contribution in [0.4, 0.5) is 0 Å². The summed E-state index contributed by atoms with van der Waals surface area (Å²) in [6, 6.07) is 39.9. The average molecular weight is 781 g/mol. The number of pyridine rings is 2. The fourth-order valence-electron chi connectivity index (χ4n) is 6.59. The zero-order chi connectivity index (χ0) is 37.8. The van der Waals surface area contributed by atoms with E-state index in [9.17, 15) is 0 Å². The van der Waals surface area contributed by atoms with Crippen molar-refractivity contribution < 1.29 is 17.1 Å². The molecule has 0 radical (unpaired) electrons. The normalized spacial score (nSPS) is 10.8. The van der Waals surface area contributed by atoms with Gasteiger partial charge in [0.25, 0.3) is 0 Å². The fraction of sp³-hybridized carbons (Fsp3) is 0. The molecule has 2 N–H and O–H groups in total. The molecule has 11 rings (SSSR count). The van der Waals surface area contributed by atoms with E-state index in [-0.39, 0.29) is 17.1 Å². The van der Waals surface area contributed by atoms with Gasteiger partial charge < -0.3 is 9.97 Å². The quantitative estimate of drug-likeness (QED) is 0.166. The van der Waals surface area contributed by atoms with Crippen LogP contribution in [0.1, 0.15) is 11.1 Å². The first-order valence-electron chi connectivity index (χ1n) is 17.9. The van der Waals surface area contributed by atoms with Crippen LogP contribution in [0.15, 0.2) is 159 Å². The van der Waals surface area contributed by atoms with Crippen molar-refractivity contribution in [3.05, 3.63) is 170 Å². The Bertz CT molecular complexity index is 2720. The monoisotopic (exact) mass is 780 g/mol. The molecule has 0 amide bonds. The standard InChI is InChI=1S/C32H18N8.2C7H7N.Fe/c1-2-10-18-17(9-1)25-33-26(18)38-28-21-13-5-6-14-22(21)30(35-28)40-32-24-16-8-7-15-23(24)31(36-32)39-29-20-12-4-3-11-19(20)27(34-29)37-25;2*1-2-7-3-5-8-6-4-7;/h1-16H,(H2,33,34,35,36,37,38,39,40);2*2-6H,1H2;. The largest absolute Gasteiger partial charge is 0.324 e. The summed E-state index contributed by atoms with van der Waals surface area (Å²) in [7, 11) is 0. The number of H-pyrrole nitrogens is 2. The molecule has 0 spiro atoms. The van der Waals surface area contributed by atoms with Crippen LogP contribution in [-0.2, 0) is 17.1 Å². The minimum absolute atomic E-state index is 0. The van der Waals surface area contributed by atoms with E-state index in [0.717, 1.165) is 54.9 Å². The maximum absolute atomic E-state index is 5.02. The molecule has 5 aromatic heterocycles. The Morgan fingerprint density at radius 3 is 0.860 bits per heavy atom. The first kappa shape index (κ1) is 36.5. The molecule has 0 unspecified atom stereocenters. The Kier molecular flexibility index (Phi) is 10.3. The molecule has 0 saturated heterocycles. The van der Waals surface area contributed by atoms with Crippen LogP contribution < -0.4 is 0 Å². The molecule has 8 bridgehead atoms. The summed E-state index contributed by atoms with van der Waals surface area (Å²) in [6.45, 7) is 7.21. The van der Waals surface area contributed by atoms with E-state index in [4.69, 9.17) is 29.9 Å². The summed E-state index contributed by atoms with van der Waals surface area (Å²) in [5, 5.41) is 3.82. The number of benzene rings is 4. The average Bonchev–Trinajstić information content (AvgIpc) is 4.01. The Balaban J connectivity index is 0.000000224. The SMILES string of the molecule is C=Cc1ccncc1.C=Cc1ccncc1.[Fe].c1ccc2c(c1)-c1nc-2nc2[nH]c(nc3nc(nc4[nH]c(n1)c1ccccc41)-c1ccccc1-3)c1ccccc21. The van der Waals surface area contributed by atoms with E-state index < -0.39 is 0 Å². The van der Waals surface area contributed by atoms with Crippen LogP contribution in [0.3, 0.4) is 0 Å². The minimum Gasteiger partial charge on any atom is -0.324 e. The van der Waals surface area contributed by atoms with Crippen LogP contribution in [0.2, 0.25) is 0 Å². The summed E-state index contributed by atoms with van der Waals surface area (Å²) in [4.78, 5) is 44.5. The predicted octanol–water partition coefficient (Wildman–Crippen LogP) is 10.3. The first-order valence-corrected chi connectivity index (χ1v) is 17.9. The molecule has 57 heavy (non-hydrogen) atoms. The Hall–Kier alpha value is -7.46. The zero-order valence-electron chi connectivity index (χ0n) is 30.4. The summed E-state index contributed by atoms with van der Waals surface area (Å²) in [6.07, 6.45) is 10.6. The van der Waals surface area contributed by atoms with Gasteiger partial charge in [-0.1, -0.05) is 122 Å². The van der Waals surface area contributed by atoms with E-state index in [1.807, 2.05) is 121 Å². The van der Waals surface area contributed by atoms with Crippen molar-refractivity contribution in [1.82, 2.24) is 49.8 Å². The molecule has 11 heteroatoms. The fourth-order valence-corrected chi connectivity index (χ4v) is 6.59. The molecule has 2 aliphatic rings. The summed E-state index contributed by atoms with van der Waals surface area (Å²) in [5.41, 5.74) is 8.67. The molecule has 274 valence electrons. The van der Waals surface area contributed by atoms with Crippen molar-refractivity contribution in [3.63, 3.8) is 0 Å². The van der Waals surface area contributed by atoms with Crippen molar-refractivity contribution in [3.8, 4) is 45.6 Å². The van der Waals surface area contributed by atoms with Gasteiger partial charge in [0.05, 0.1) is 0 Å². The van der Waals surface area contributed by atoms with E-state index in [1.54, 1.807) is 36.9 Å². The number of fused-ring (bicyclic) bond motifs is 20. The van der Waals surface area contributed by atoms with Gasteiger partial charge in [-0.2, -0.15) is 0 Å². The number of nitrogens with zero attached hydrogens (tertiary/aromatic N) is 8. The van der Waals surface area contributed by atoms with Gasteiger partial charge >= 0.3 is 0 Å². The molecular weight excluding hydrogens is 748 g/mol. The van der Waals surface area contributed by atoms with Crippen molar-refractivity contribution in [2.24, 2.45) is 0 Å². The molecule has 4 aromatic carbocycles. The zero-order valence-corrected chi connectivity index (χ0v) is 31.5. The van der Waals surface area contributed by atoms with E-state index in [1.165, 1.54) is 0 Å². The third kappa shape index (κ3) is 7.24. The molecule has 7 heterocycles. The van der Waals surface area contributed by atoms with Crippen LogP contribution in [0.25, 0.3) is 102 Å². The topological polar surface area (TPSA) is 135 Å². The Morgan fingerprint density at radius 2 is 0.614 bits per heavy atom. The van der Waals surface area contributed by atoms with Crippen molar-refractivity contribution in [2.45, 2.75) is 0 Å². The van der Waals surface area contributed by atoms with Crippen molar-refractivity contribution in [2.75, 3.05) is 0 Å². The van der Waals surface area contributed by atoms with Gasteiger partial charge in [0, 0.05) is 85.7 Å². The number of hydrogen-bond acceptors (Lipinski definition) is 8. The second kappa shape index (κ2) is 16.1. The molecule has 0 saturated carbocycles. The number of aromatic amines is 2. The van der Waals surface area contributed by atoms with Crippen LogP contribution in [0.5, 0.6) is 0 Å². The Labute approximate surface area is 337 Å². The van der Waals surface area contributed by atoms with Gasteiger partial charge in [0.15, 0.2) is 23.3 Å². The third-order valence-corrected chi connectivity index (χ3v) is 9.34. The summed E-state index contributed by atoms with van der Waals surface area (Å²) >= 11 is 0. The maximum Gasteiger partial charge on any atom is 0.164 e. The third-order valence-electron chi connectivity index (χ3n) is 9.34. The number of nitrogens with one attached hydrogen (secondary N) is 2. The summed E-state index contributed by atoms with van der Waals surface area (Å²) in [5.74, 6) is 2.39. The molecular formula is C46H32FeN10. The van der Waals surface area contributed by atoms with Gasteiger partial charge in [-0.25, -0.2) is 29.9 Å². The van der Waals surface area contributed by atoms with Gasteiger partial charge in [-0.15, -0.1) is 0 Å². The Morgan fingerprint density at radius 1 is 0.351 bits per heavy atom. The maximum atomic E-state index is 5.02. The van der Waals surface area contributed by atoms with Crippen molar-refractivity contribution >= 4 is 56.3 Å². The van der Waals surface area contributed by atoms with E-state index >= 15 is 0 Å². The summed E-state index contributed by atoms with van der Waals surface area (Å²) < 4.78 is 0. The van der Waals surface area contributed by atoms with E-state index in [2.05, 4.69) is 33.1 Å². The van der Waals surface area contributed by atoms with Crippen LogP contribution >= 0.6 is 0 Å². The number of rotatable bonds is 2. The molecule has 0 atom stereocenters. The predicted molar refractivity (Wildman–Crippen MR) is 225 cm³/mol. The molecule has 0 aliphatic carbocycles. The minimum atomic E-state index is 0. The second-order valence-electron chi connectivity index (χ2n) is 12.8. The van der Waals surface area contributed by atoms with Crippen LogP contribution in [-0.4, -0.2) is 49.8 Å². The molecule has 10 nitrogen and oxygen atoms in total. The van der Waals surface area contributed by atoms with Gasteiger partial charge in [-0.3, -0.25) is 9.97 Å². The van der Waals surface area contributed by atoms with Crippen LogP contribution in [0, 0.1) is 0 Å². The first-order chi connectivity index (χ1) is 27.7. The van der Waals surface area contributed by atoms with Gasteiger partial charge in [-0.05, 0) is 35.4 Å².